The van der Waals surface area contributed by atoms with Crippen molar-refractivity contribution < 1.29 is 13.6 Å². The zero-order valence-electron chi connectivity index (χ0n) is 13.6. The zero-order chi connectivity index (χ0) is 16.8. The van der Waals surface area contributed by atoms with Gasteiger partial charge in [-0.1, -0.05) is 6.92 Å². The number of fused-ring (bicyclic) bond motifs is 1. The van der Waals surface area contributed by atoms with Gasteiger partial charge in [0.05, 0.1) is 6.20 Å². The lowest BCUT2D eigenvalue weighted by Gasteiger charge is -2.30. The molecule has 2 aromatic rings. The number of carbonyl (C=O) groups is 1. The third kappa shape index (κ3) is 2.65. The molecule has 2 fully saturated rings. The van der Waals surface area contributed by atoms with E-state index >= 15 is 0 Å². The molecule has 5 nitrogen and oxygen atoms in total. The molecule has 0 bridgehead atoms. The number of halogens is 2. The van der Waals surface area contributed by atoms with Crippen LogP contribution in [0.15, 0.2) is 12.3 Å². The quantitative estimate of drug-likeness (QED) is 0.864. The van der Waals surface area contributed by atoms with Crippen LogP contribution in [-0.4, -0.2) is 38.5 Å². The molecule has 3 heterocycles. The average molecular weight is 334 g/mol. The molecule has 2 aliphatic rings. The topological polar surface area (TPSA) is 50.5 Å². The number of aromatic nitrogens is 3. The van der Waals surface area contributed by atoms with Crippen molar-refractivity contribution in [2.75, 3.05) is 13.1 Å². The zero-order valence-corrected chi connectivity index (χ0v) is 13.6. The molecular formula is C17H20F2N4O. The summed E-state index contributed by atoms with van der Waals surface area (Å²) in [5.74, 6) is 0.536. The highest BCUT2D eigenvalue weighted by molar-refractivity contribution is 5.99. The van der Waals surface area contributed by atoms with Crippen LogP contribution in [0.3, 0.4) is 0 Å². The smallest absolute Gasteiger partial charge is 0.280 e. The Labute approximate surface area is 138 Å². The number of hydrogen-bond donors (Lipinski definition) is 0. The highest BCUT2D eigenvalue weighted by atomic mass is 19.3. The fraction of sp³-hybridized carbons (Fsp3) is 0.588. The third-order valence-corrected chi connectivity index (χ3v) is 4.91. The van der Waals surface area contributed by atoms with E-state index in [1.165, 1.54) is 12.3 Å². The Bertz CT molecular complexity index is 784. The summed E-state index contributed by atoms with van der Waals surface area (Å²) in [6.07, 6.45) is 2.74. The van der Waals surface area contributed by atoms with Crippen LogP contribution in [-0.2, 0) is 0 Å². The molecule has 0 radical (unpaired) electrons. The molecule has 128 valence electrons. The maximum absolute atomic E-state index is 13.4. The van der Waals surface area contributed by atoms with Gasteiger partial charge in [0.2, 0.25) is 0 Å². The molecular weight excluding hydrogens is 314 g/mol. The maximum atomic E-state index is 13.4. The molecule has 0 aromatic carbocycles. The standard InChI is InChI=1S/C17H20F2N4O/c1-10-3-2-6-22(9-10)17(24)12-8-20-23-14(15(18)19)7-13(11-4-5-11)21-16(12)23/h7-8,10-11,15H,2-6,9H2,1H3/t10-/m0/s1. The van der Waals surface area contributed by atoms with E-state index in [2.05, 4.69) is 17.0 Å². The second kappa shape index (κ2) is 5.79. The molecule has 4 rings (SSSR count). The summed E-state index contributed by atoms with van der Waals surface area (Å²) in [5, 5.41) is 4.02. The molecule has 0 spiro atoms. The van der Waals surface area contributed by atoms with Crippen LogP contribution in [0.1, 0.15) is 66.7 Å². The van der Waals surface area contributed by atoms with E-state index in [1.807, 2.05) is 0 Å². The van der Waals surface area contributed by atoms with Crippen LogP contribution in [0.4, 0.5) is 8.78 Å². The fourth-order valence-corrected chi connectivity index (χ4v) is 3.44. The monoisotopic (exact) mass is 334 g/mol. The summed E-state index contributed by atoms with van der Waals surface area (Å²) in [6.45, 7) is 3.51. The van der Waals surface area contributed by atoms with E-state index < -0.39 is 6.43 Å². The molecule has 24 heavy (non-hydrogen) atoms. The molecule has 1 aliphatic carbocycles. The summed E-state index contributed by atoms with van der Waals surface area (Å²) in [7, 11) is 0. The number of piperidine rings is 1. The summed E-state index contributed by atoms with van der Waals surface area (Å²) in [6, 6.07) is 1.43. The Morgan fingerprint density at radius 3 is 2.79 bits per heavy atom. The molecule has 1 saturated carbocycles. The van der Waals surface area contributed by atoms with Crippen molar-refractivity contribution in [3.8, 4) is 0 Å². The number of amides is 1. The van der Waals surface area contributed by atoms with Crippen molar-refractivity contribution in [3.05, 3.63) is 29.2 Å². The Balaban J connectivity index is 1.77. The number of hydrogen-bond acceptors (Lipinski definition) is 3. The minimum Gasteiger partial charge on any atom is -0.338 e. The van der Waals surface area contributed by atoms with Crippen LogP contribution < -0.4 is 0 Å². The molecule has 1 atom stereocenters. The van der Waals surface area contributed by atoms with Gasteiger partial charge in [0.25, 0.3) is 12.3 Å². The van der Waals surface area contributed by atoms with E-state index in [-0.39, 0.29) is 23.2 Å². The van der Waals surface area contributed by atoms with E-state index in [0.29, 0.717) is 30.3 Å². The Kier molecular flexibility index (Phi) is 3.73. The van der Waals surface area contributed by atoms with Crippen molar-refractivity contribution in [3.63, 3.8) is 0 Å². The minimum absolute atomic E-state index is 0.155. The van der Waals surface area contributed by atoms with Crippen molar-refractivity contribution in [1.29, 1.82) is 0 Å². The van der Waals surface area contributed by atoms with Gasteiger partial charge in [-0.05, 0) is 37.7 Å². The van der Waals surface area contributed by atoms with Crippen LogP contribution in [0, 0.1) is 5.92 Å². The van der Waals surface area contributed by atoms with Gasteiger partial charge in [0, 0.05) is 24.7 Å². The molecule has 1 amide bonds. The highest BCUT2D eigenvalue weighted by Gasteiger charge is 2.30. The first kappa shape index (κ1) is 15.5. The SMILES string of the molecule is C[C@H]1CCCN(C(=O)c2cnn3c(C(F)F)cc(C4CC4)nc23)C1. The summed E-state index contributed by atoms with van der Waals surface area (Å²) >= 11 is 0. The third-order valence-electron chi connectivity index (χ3n) is 4.91. The van der Waals surface area contributed by atoms with Crippen molar-refractivity contribution >= 4 is 11.6 Å². The summed E-state index contributed by atoms with van der Waals surface area (Å²) < 4.78 is 27.9. The lowest BCUT2D eigenvalue weighted by molar-refractivity contribution is 0.0684. The molecule has 1 aliphatic heterocycles. The summed E-state index contributed by atoms with van der Waals surface area (Å²) in [5.41, 5.74) is 1.05. The molecule has 1 saturated heterocycles. The fourth-order valence-electron chi connectivity index (χ4n) is 3.44. The van der Waals surface area contributed by atoms with Gasteiger partial charge in [-0.25, -0.2) is 18.3 Å². The largest absolute Gasteiger partial charge is 0.338 e. The van der Waals surface area contributed by atoms with Crippen molar-refractivity contribution in [2.45, 2.75) is 45.0 Å². The Hall–Kier alpha value is -2.05. The van der Waals surface area contributed by atoms with Crippen LogP contribution in [0.5, 0.6) is 0 Å². The molecule has 0 N–H and O–H groups in total. The first-order valence-electron chi connectivity index (χ1n) is 8.50. The minimum atomic E-state index is -2.65. The summed E-state index contributed by atoms with van der Waals surface area (Å²) in [4.78, 5) is 19.1. The normalized spacial score (nSPS) is 21.7. The van der Waals surface area contributed by atoms with E-state index in [0.717, 1.165) is 30.2 Å². The van der Waals surface area contributed by atoms with Crippen LogP contribution in [0.25, 0.3) is 5.65 Å². The maximum Gasteiger partial charge on any atom is 0.280 e. The number of rotatable bonds is 3. The van der Waals surface area contributed by atoms with E-state index in [9.17, 15) is 13.6 Å². The second-order valence-corrected chi connectivity index (χ2v) is 6.97. The van der Waals surface area contributed by atoms with Crippen molar-refractivity contribution in [2.24, 2.45) is 5.92 Å². The molecule has 0 unspecified atom stereocenters. The van der Waals surface area contributed by atoms with Gasteiger partial charge < -0.3 is 4.90 Å². The predicted octanol–water partition coefficient (Wildman–Crippen LogP) is 3.42. The first-order valence-corrected chi connectivity index (χ1v) is 8.50. The van der Waals surface area contributed by atoms with Gasteiger partial charge in [0.15, 0.2) is 5.65 Å². The number of likely N-dealkylation sites (tertiary alicyclic amines) is 1. The Morgan fingerprint density at radius 1 is 1.33 bits per heavy atom. The second-order valence-electron chi connectivity index (χ2n) is 6.97. The number of nitrogens with zero attached hydrogens (tertiary/aromatic N) is 4. The first-order chi connectivity index (χ1) is 11.5. The van der Waals surface area contributed by atoms with Crippen LogP contribution in [0.2, 0.25) is 0 Å². The van der Waals surface area contributed by atoms with Crippen molar-refractivity contribution in [1.82, 2.24) is 19.5 Å². The number of alkyl halides is 2. The lowest BCUT2D eigenvalue weighted by Crippen LogP contribution is -2.39. The Morgan fingerprint density at radius 2 is 2.12 bits per heavy atom. The molecule has 7 heteroatoms. The predicted molar refractivity (Wildman–Crippen MR) is 84.2 cm³/mol. The van der Waals surface area contributed by atoms with Gasteiger partial charge in [-0.2, -0.15) is 5.10 Å². The highest BCUT2D eigenvalue weighted by Crippen LogP contribution is 2.40. The number of carbonyl (C=O) groups excluding carboxylic acids is 1. The lowest BCUT2D eigenvalue weighted by atomic mass is 10.00. The van der Waals surface area contributed by atoms with E-state index in [1.54, 1.807) is 4.90 Å². The van der Waals surface area contributed by atoms with Gasteiger partial charge in [0.1, 0.15) is 11.3 Å². The van der Waals surface area contributed by atoms with E-state index in [4.69, 9.17) is 0 Å². The van der Waals surface area contributed by atoms with Gasteiger partial charge in [-0.15, -0.1) is 0 Å². The van der Waals surface area contributed by atoms with Crippen LogP contribution >= 0.6 is 0 Å². The van der Waals surface area contributed by atoms with Gasteiger partial charge in [-0.3, -0.25) is 4.79 Å². The average Bonchev–Trinajstić information content (AvgIpc) is 3.33. The van der Waals surface area contributed by atoms with Gasteiger partial charge >= 0.3 is 0 Å². The molecule has 2 aromatic heterocycles.